The van der Waals surface area contributed by atoms with Gasteiger partial charge in [0.25, 0.3) is 0 Å². The molecule has 11 nitrogen and oxygen atoms in total. The van der Waals surface area contributed by atoms with Crippen LogP contribution in [0.2, 0.25) is 0 Å². The summed E-state index contributed by atoms with van der Waals surface area (Å²) in [5.74, 6) is -0.474. The van der Waals surface area contributed by atoms with Gasteiger partial charge in [0.1, 0.15) is 0 Å². The lowest BCUT2D eigenvalue weighted by Gasteiger charge is -2.36. The number of aromatic nitrogens is 4. The van der Waals surface area contributed by atoms with Crippen LogP contribution in [0.25, 0.3) is 33.6 Å². The van der Waals surface area contributed by atoms with E-state index >= 15 is 0 Å². The Labute approximate surface area is 279 Å². The number of nitrogens with zero attached hydrogens (tertiary/aromatic N) is 5. The molecule has 0 radical (unpaired) electrons. The normalized spacial score (nSPS) is 16.5. The zero-order chi connectivity index (χ0) is 33.7. The number of esters is 1. The second-order valence-electron chi connectivity index (χ2n) is 11.6. The summed E-state index contributed by atoms with van der Waals surface area (Å²) >= 11 is 0. The lowest BCUT2D eigenvalue weighted by Crippen LogP contribution is -2.62. The molecule has 0 aliphatic carbocycles. The summed E-state index contributed by atoms with van der Waals surface area (Å²) in [6, 6.07) is 31.7. The van der Waals surface area contributed by atoms with Crippen molar-refractivity contribution in [1.29, 1.82) is 0 Å². The maximum absolute atomic E-state index is 14.0. The van der Waals surface area contributed by atoms with Gasteiger partial charge in [-0.15, -0.1) is 5.10 Å². The van der Waals surface area contributed by atoms with Gasteiger partial charge in [-0.1, -0.05) is 97.9 Å². The molecule has 0 spiro atoms. The SMILES string of the molecule is CCCC(=O)n1nnnc1-c1ccccc1-c1ccc(CNC2(C(=O)OC)CCCN2S(=O)(=O)c2ccc(-c3ccccc3)cc2)cc1. The second-order valence-corrected chi connectivity index (χ2v) is 13.4. The third-order valence-corrected chi connectivity index (χ3v) is 10.5. The summed E-state index contributed by atoms with van der Waals surface area (Å²) in [5, 5.41) is 15.1. The summed E-state index contributed by atoms with van der Waals surface area (Å²) < 4.78 is 35.7. The van der Waals surface area contributed by atoms with E-state index in [0.717, 1.165) is 27.8 Å². The van der Waals surface area contributed by atoms with Gasteiger partial charge in [-0.05, 0) is 69.6 Å². The predicted molar refractivity (Wildman–Crippen MR) is 181 cm³/mol. The summed E-state index contributed by atoms with van der Waals surface area (Å²) in [4.78, 5) is 26.1. The Balaban J connectivity index is 1.24. The summed E-state index contributed by atoms with van der Waals surface area (Å²) in [6.07, 6.45) is 1.75. The molecule has 1 aliphatic heterocycles. The highest BCUT2D eigenvalue weighted by atomic mass is 32.2. The van der Waals surface area contributed by atoms with Crippen LogP contribution in [-0.2, 0) is 26.1 Å². The van der Waals surface area contributed by atoms with Gasteiger partial charge < -0.3 is 4.74 Å². The number of carbonyl (C=O) groups is 2. The number of benzene rings is 4. The zero-order valence-electron chi connectivity index (χ0n) is 26.7. The fraction of sp³-hybridized carbons (Fsp3) is 0.250. The number of sulfonamides is 1. The molecule has 2 heterocycles. The molecule has 1 unspecified atom stereocenters. The highest BCUT2D eigenvalue weighted by Gasteiger charge is 2.54. The van der Waals surface area contributed by atoms with Crippen molar-refractivity contribution in [3.8, 4) is 33.6 Å². The maximum Gasteiger partial charge on any atom is 0.342 e. The molecule has 12 heteroatoms. The predicted octanol–water partition coefficient (Wildman–Crippen LogP) is 5.56. The molecule has 5 aromatic rings. The topological polar surface area (TPSA) is 136 Å². The minimum absolute atomic E-state index is 0.101. The van der Waals surface area contributed by atoms with E-state index < -0.39 is 21.7 Å². The van der Waals surface area contributed by atoms with E-state index in [2.05, 4.69) is 20.8 Å². The maximum atomic E-state index is 14.0. The quantitative estimate of drug-likeness (QED) is 0.142. The Morgan fingerprint density at radius 1 is 0.854 bits per heavy atom. The molecule has 1 saturated heterocycles. The summed E-state index contributed by atoms with van der Waals surface area (Å²) in [7, 11) is -2.79. The van der Waals surface area contributed by atoms with Gasteiger partial charge >= 0.3 is 5.97 Å². The molecule has 1 fully saturated rings. The molecule has 4 aromatic carbocycles. The van der Waals surface area contributed by atoms with Gasteiger partial charge in [0.05, 0.1) is 12.0 Å². The Hall–Kier alpha value is -5.04. The summed E-state index contributed by atoms with van der Waals surface area (Å²) in [6.45, 7) is 2.30. The largest absolute Gasteiger partial charge is 0.467 e. The van der Waals surface area contributed by atoms with E-state index in [1.54, 1.807) is 24.3 Å². The number of carbonyl (C=O) groups excluding carboxylic acids is 2. The Kier molecular flexibility index (Phi) is 9.58. The fourth-order valence-corrected chi connectivity index (χ4v) is 7.89. The summed E-state index contributed by atoms with van der Waals surface area (Å²) in [5.41, 5.74) is 3.56. The van der Waals surface area contributed by atoms with Crippen molar-refractivity contribution in [2.24, 2.45) is 0 Å². The van der Waals surface area contributed by atoms with Gasteiger partial charge in [-0.25, -0.2) is 13.2 Å². The van der Waals surface area contributed by atoms with Crippen molar-refractivity contribution < 1.29 is 22.7 Å². The highest BCUT2D eigenvalue weighted by molar-refractivity contribution is 7.89. The molecule has 1 aliphatic rings. The van der Waals surface area contributed by atoms with Crippen LogP contribution in [0, 0.1) is 0 Å². The molecule has 1 N–H and O–H groups in total. The van der Waals surface area contributed by atoms with Crippen LogP contribution in [0.3, 0.4) is 0 Å². The van der Waals surface area contributed by atoms with Crippen LogP contribution in [0.5, 0.6) is 0 Å². The molecular weight excluding hydrogens is 628 g/mol. The third-order valence-electron chi connectivity index (χ3n) is 8.59. The first-order valence-electron chi connectivity index (χ1n) is 15.8. The van der Waals surface area contributed by atoms with E-state index in [9.17, 15) is 18.0 Å². The standard InChI is InChI=1S/C36H36N6O5S/c1-3-10-33(43)42-34(38-39-40-42)32-14-8-7-13-31(32)29-17-15-26(16-18-29)25-37-36(35(44)47-2)23-9-24-41(36)48(45,46)30-21-19-28(20-22-30)27-11-5-4-6-12-27/h4-8,11-22,37H,3,9-10,23-25H2,1-2H3. The molecular formula is C36H36N6O5S. The number of nitrogens with one attached hydrogen (secondary N) is 1. The minimum atomic E-state index is -4.06. The molecule has 0 saturated carbocycles. The smallest absolute Gasteiger partial charge is 0.342 e. The highest BCUT2D eigenvalue weighted by Crippen LogP contribution is 2.36. The number of hydrogen-bond donors (Lipinski definition) is 1. The monoisotopic (exact) mass is 664 g/mol. The fourth-order valence-electron chi connectivity index (χ4n) is 6.14. The molecule has 6 rings (SSSR count). The van der Waals surface area contributed by atoms with Crippen LogP contribution >= 0.6 is 0 Å². The first-order chi connectivity index (χ1) is 23.3. The van der Waals surface area contributed by atoms with E-state index in [0.29, 0.717) is 30.7 Å². The molecule has 1 atom stereocenters. The number of hydrogen-bond acceptors (Lipinski definition) is 9. The van der Waals surface area contributed by atoms with E-state index in [4.69, 9.17) is 4.74 Å². The molecule has 0 amide bonds. The van der Waals surface area contributed by atoms with Crippen molar-refractivity contribution in [2.75, 3.05) is 13.7 Å². The van der Waals surface area contributed by atoms with Crippen molar-refractivity contribution in [1.82, 2.24) is 29.8 Å². The van der Waals surface area contributed by atoms with Crippen LogP contribution in [-0.4, -0.2) is 64.1 Å². The lowest BCUT2D eigenvalue weighted by atomic mass is 9.98. The van der Waals surface area contributed by atoms with Crippen LogP contribution < -0.4 is 5.32 Å². The van der Waals surface area contributed by atoms with Gasteiger partial charge in [-0.3, -0.25) is 10.1 Å². The van der Waals surface area contributed by atoms with E-state index in [1.807, 2.05) is 85.8 Å². The minimum Gasteiger partial charge on any atom is -0.467 e. The van der Waals surface area contributed by atoms with Crippen molar-refractivity contribution in [3.05, 3.63) is 109 Å². The zero-order valence-corrected chi connectivity index (χ0v) is 27.6. The van der Waals surface area contributed by atoms with Gasteiger partial charge in [0.15, 0.2) is 11.5 Å². The lowest BCUT2D eigenvalue weighted by molar-refractivity contribution is -0.153. The Morgan fingerprint density at radius 3 is 2.19 bits per heavy atom. The number of tetrazole rings is 1. The number of methoxy groups -OCH3 is 1. The Bertz CT molecular complexity index is 2010. The third kappa shape index (κ3) is 6.29. The van der Waals surface area contributed by atoms with E-state index in [-0.39, 0.29) is 30.3 Å². The average molecular weight is 665 g/mol. The van der Waals surface area contributed by atoms with Crippen LogP contribution in [0.1, 0.15) is 43.0 Å². The van der Waals surface area contributed by atoms with Gasteiger partial charge in [-0.2, -0.15) is 8.99 Å². The first-order valence-corrected chi connectivity index (χ1v) is 17.2. The van der Waals surface area contributed by atoms with Gasteiger partial charge in [0, 0.05) is 25.1 Å². The molecule has 246 valence electrons. The Morgan fingerprint density at radius 2 is 1.50 bits per heavy atom. The molecule has 0 bridgehead atoms. The van der Waals surface area contributed by atoms with Crippen LogP contribution in [0.4, 0.5) is 0 Å². The number of ether oxygens (including phenoxy) is 1. The van der Waals surface area contributed by atoms with Crippen molar-refractivity contribution >= 4 is 21.9 Å². The first kappa shape index (κ1) is 32.9. The van der Waals surface area contributed by atoms with Crippen LogP contribution in [0.15, 0.2) is 108 Å². The van der Waals surface area contributed by atoms with Gasteiger partial charge in [0.2, 0.25) is 15.9 Å². The second kappa shape index (κ2) is 14.0. The van der Waals surface area contributed by atoms with Crippen molar-refractivity contribution in [3.63, 3.8) is 0 Å². The van der Waals surface area contributed by atoms with E-state index in [1.165, 1.54) is 16.1 Å². The molecule has 1 aromatic heterocycles. The molecule has 48 heavy (non-hydrogen) atoms. The average Bonchev–Trinajstić information content (AvgIpc) is 3.80. The van der Waals surface area contributed by atoms with Crippen molar-refractivity contribution in [2.45, 2.75) is 49.7 Å². The number of rotatable bonds is 11.